The van der Waals surface area contributed by atoms with Gasteiger partial charge in [0, 0.05) is 12.2 Å². The summed E-state index contributed by atoms with van der Waals surface area (Å²) in [7, 11) is 0. The van der Waals surface area contributed by atoms with Gasteiger partial charge in [-0.3, -0.25) is 0 Å². The minimum absolute atomic E-state index is 0.111. The van der Waals surface area contributed by atoms with Gasteiger partial charge in [0.25, 0.3) is 0 Å². The van der Waals surface area contributed by atoms with Crippen LogP contribution in [0.25, 0.3) is 0 Å². The Hall–Kier alpha value is -0.740. The molecular formula is C17H28Cl2O4. The summed E-state index contributed by atoms with van der Waals surface area (Å²) < 4.78 is 9.65. The molecule has 0 atom stereocenters. The first-order valence-corrected chi connectivity index (χ1v) is 9.23. The largest absolute Gasteiger partial charge is 0.463 e. The van der Waals surface area contributed by atoms with E-state index in [1.807, 2.05) is 0 Å². The summed E-state index contributed by atoms with van der Waals surface area (Å²) in [6.07, 6.45) is 12.9. The van der Waals surface area contributed by atoms with Gasteiger partial charge in [0.2, 0.25) is 0 Å². The topological polar surface area (TPSA) is 52.6 Å². The van der Waals surface area contributed by atoms with Crippen molar-refractivity contribution in [3.63, 3.8) is 0 Å². The third-order valence-electron chi connectivity index (χ3n) is 3.20. The molecule has 0 aliphatic heterocycles. The average Bonchev–Trinajstić information content (AvgIpc) is 2.52. The SMILES string of the molecule is CCCCCCCCCCCOC(=O)/C=C/C(=O)OCC(Cl)Cl. The standard InChI is InChI=1S/C17H28Cl2O4/c1-2-3-4-5-6-7-8-9-10-13-22-16(20)11-12-17(21)23-14-15(18)19/h11-12,15H,2-10,13-14H2,1H3/b12-11+. The highest BCUT2D eigenvalue weighted by Crippen LogP contribution is 2.09. The molecule has 0 aliphatic carbocycles. The fourth-order valence-corrected chi connectivity index (χ4v) is 2.09. The maximum absolute atomic E-state index is 11.4. The van der Waals surface area contributed by atoms with Crippen molar-refractivity contribution in [3.8, 4) is 0 Å². The lowest BCUT2D eigenvalue weighted by Crippen LogP contribution is -2.09. The molecule has 0 saturated carbocycles. The predicted molar refractivity (Wildman–Crippen MR) is 93.8 cm³/mol. The molecule has 0 bridgehead atoms. The van der Waals surface area contributed by atoms with Gasteiger partial charge >= 0.3 is 11.9 Å². The molecule has 0 heterocycles. The molecule has 0 radical (unpaired) electrons. The maximum Gasteiger partial charge on any atom is 0.331 e. The van der Waals surface area contributed by atoms with Crippen molar-refractivity contribution in [1.82, 2.24) is 0 Å². The van der Waals surface area contributed by atoms with Crippen LogP contribution in [-0.2, 0) is 19.1 Å². The summed E-state index contributed by atoms with van der Waals surface area (Å²) in [6.45, 7) is 2.48. The van der Waals surface area contributed by atoms with E-state index >= 15 is 0 Å². The second-order valence-electron chi connectivity index (χ2n) is 5.35. The zero-order valence-electron chi connectivity index (χ0n) is 13.9. The van der Waals surface area contributed by atoms with Crippen LogP contribution in [0, 0.1) is 0 Å². The Balaban J connectivity index is 3.44. The zero-order valence-corrected chi connectivity index (χ0v) is 15.4. The summed E-state index contributed by atoms with van der Waals surface area (Å²) in [4.78, 5) is 21.7. The van der Waals surface area contributed by atoms with Crippen LogP contribution in [0.15, 0.2) is 12.2 Å². The Morgan fingerprint density at radius 1 is 0.826 bits per heavy atom. The van der Waals surface area contributed by atoms with Crippen molar-refractivity contribution < 1.29 is 19.1 Å². The minimum Gasteiger partial charge on any atom is -0.463 e. The van der Waals surface area contributed by atoms with Gasteiger partial charge in [-0.1, -0.05) is 58.3 Å². The molecule has 0 unspecified atom stereocenters. The van der Waals surface area contributed by atoms with Gasteiger partial charge in [-0.25, -0.2) is 9.59 Å². The molecule has 0 rings (SSSR count). The van der Waals surface area contributed by atoms with Crippen molar-refractivity contribution in [2.45, 2.75) is 69.5 Å². The lowest BCUT2D eigenvalue weighted by atomic mass is 10.1. The highest BCUT2D eigenvalue weighted by molar-refractivity contribution is 6.44. The van der Waals surface area contributed by atoms with Gasteiger partial charge in [0.05, 0.1) is 6.61 Å². The number of carbonyl (C=O) groups is 2. The third-order valence-corrected chi connectivity index (χ3v) is 3.45. The lowest BCUT2D eigenvalue weighted by Gasteiger charge is -2.03. The number of alkyl halides is 2. The smallest absolute Gasteiger partial charge is 0.331 e. The molecule has 23 heavy (non-hydrogen) atoms. The molecule has 4 nitrogen and oxygen atoms in total. The van der Waals surface area contributed by atoms with Crippen molar-refractivity contribution >= 4 is 35.1 Å². The summed E-state index contributed by atoms with van der Waals surface area (Å²) in [6, 6.07) is 0. The maximum atomic E-state index is 11.4. The van der Waals surface area contributed by atoms with Crippen molar-refractivity contribution in [1.29, 1.82) is 0 Å². The molecule has 0 N–H and O–H groups in total. The Bertz CT molecular complexity index is 343. The Morgan fingerprint density at radius 2 is 1.30 bits per heavy atom. The monoisotopic (exact) mass is 366 g/mol. The molecule has 0 aromatic carbocycles. The summed E-state index contributed by atoms with van der Waals surface area (Å²) in [5.41, 5.74) is 0. The third kappa shape index (κ3) is 17.4. The molecule has 134 valence electrons. The molecule has 0 spiro atoms. The first-order chi connectivity index (χ1) is 11.1. The highest BCUT2D eigenvalue weighted by Gasteiger charge is 2.04. The van der Waals surface area contributed by atoms with E-state index in [0.29, 0.717) is 6.61 Å². The molecule has 0 fully saturated rings. The van der Waals surface area contributed by atoms with Crippen LogP contribution in [0.3, 0.4) is 0 Å². The van der Waals surface area contributed by atoms with Crippen molar-refractivity contribution in [3.05, 3.63) is 12.2 Å². The number of hydrogen-bond acceptors (Lipinski definition) is 4. The van der Waals surface area contributed by atoms with Crippen LogP contribution in [0.2, 0.25) is 0 Å². The fourth-order valence-electron chi connectivity index (χ4n) is 1.96. The Labute approximate surface area is 149 Å². The zero-order chi connectivity index (χ0) is 17.3. The van der Waals surface area contributed by atoms with E-state index in [1.165, 1.54) is 44.9 Å². The van der Waals surface area contributed by atoms with E-state index in [2.05, 4.69) is 11.7 Å². The second kappa shape index (κ2) is 16.1. The van der Waals surface area contributed by atoms with Gasteiger partial charge in [-0.2, -0.15) is 0 Å². The van der Waals surface area contributed by atoms with E-state index in [1.54, 1.807) is 0 Å². The number of ether oxygens (including phenoxy) is 2. The fraction of sp³-hybridized carbons (Fsp3) is 0.765. The summed E-state index contributed by atoms with van der Waals surface area (Å²) >= 11 is 10.8. The van der Waals surface area contributed by atoms with Crippen molar-refractivity contribution in [2.75, 3.05) is 13.2 Å². The highest BCUT2D eigenvalue weighted by atomic mass is 35.5. The van der Waals surface area contributed by atoms with Gasteiger partial charge in [0.1, 0.15) is 11.4 Å². The van der Waals surface area contributed by atoms with E-state index < -0.39 is 16.8 Å². The number of unbranched alkanes of at least 4 members (excludes halogenated alkanes) is 8. The van der Waals surface area contributed by atoms with Crippen molar-refractivity contribution in [2.24, 2.45) is 0 Å². The molecule has 0 aromatic rings. The van der Waals surface area contributed by atoms with Crippen LogP contribution < -0.4 is 0 Å². The lowest BCUT2D eigenvalue weighted by molar-refractivity contribution is -0.140. The first-order valence-electron chi connectivity index (χ1n) is 8.36. The summed E-state index contributed by atoms with van der Waals surface area (Å²) in [5.74, 6) is -1.22. The van der Waals surface area contributed by atoms with E-state index in [0.717, 1.165) is 25.0 Å². The molecule has 0 amide bonds. The molecule has 0 aromatic heterocycles. The van der Waals surface area contributed by atoms with Crippen LogP contribution in [0.5, 0.6) is 0 Å². The van der Waals surface area contributed by atoms with Gasteiger partial charge in [-0.15, -0.1) is 23.2 Å². The van der Waals surface area contributed by atoms with Gasteiger partial charge in [0.15, 0.2) is 0 Å². The molecule has 6 heteroatoms. The van der Waals surface area contributed by atoms with E-state index in [-0.39, 0.29) is 6.61 Å². The second-order valence-corrected chi connectivity index (χ2v) is 6.63. The summed E-state index contributed by atoms with van der Waals surface area (Å²) in [5, 5.41) is 0. The van der Waals surface area contributed by atoms with Gasteiger partial charge < -0.3 is 9.47 Å². The molecule has 0 aliphatic rings. The quantitative estimate of drug-likeness (QED) is 0.188. The number of esters is 2. The van der Waals surface area contributed by atoms with Crippen LogP contribution in [0.1, 0.15) is 64.7 Å². The minimum atomic E-state index is -0.772. The average molecular weight is 367 g/mol. The molecular weight excluding hydrogens is 339 g/mol. The number of hydrogen-bond donors (Lipinski definition) is 0. The molecule has 0 saturated heterocycles. The predicted octanol–water partition coefficient (Wildman–Crippen LogP) is 4.96. The number of rotatable bonds is 14. The Kier molecular flexibility index (Phi) is 15.6. The van der Waals surface area contributed by atoms with Gasteiger partial charge in [-0.05, 0) is 6.42 Å². The normalized spacial score (nSPS) is 11.1. The van der Waals surface area contributed by atoms with Crippen LogP contribution in [0.4, 0.5) is 0 Å². The van der Waals surface area contributed by atoms with Crippen LogP contribution >= 0.6 is 23.2 Å². The van der Waals surface area contributed by atoms with Crippen LogP contribution in [-0.4, -0.2) is 30.0 Å². The van der Waals surface area contributed by atoms with E-state index in [4.69, 9.17) is 27.9 Å². The number of carbonyl (C=O) groups excluding carboxylic acids is 2. The Morgan fingerprint density at radius 3 is 1.83 bits per heavy atom. The van der Waals surface area contributed by atoms with E-state index in [9.17, 15) is 9.59 Å². The first kappa shape index (κ1) is 22.3. The number of halogens is 2.